The van der Waals surface area contributed by atoms with Crippen LogP contribution in [0.15, 0.2) is 72.3 Å². The van der Waals surface area contributed by atoms with Crippen molar-refractivity contribution in [2.45, 2.75) is 37.8 Å². The molecule has 4 nitrogen and oxygen atoms in total. The molecule has 0 saturated heterocycles. The Morgan fingerprint density at radius 3 is 2.29 bits per heavy atom. The van der Waals surface area contributed by atoms with Crippen LogP contribution in [0.4, 0.5) is 0 Å². The molecule has 2 aromatic rings. The predicted octanol–water partition coefficient (Wildman–Crippen LogP) is 3.63. The number of amides is 1. The average Bonchev–Trinajstić information content (AvgIpc) is 3.54. The van der Waals surface area contributed by atoms with Crippen molar-refractivity contribution >= 4 is 17.3 Å². The standard InChI is InChI=1S/C24H24N2O2/c1-16-13-14-24(25,23(28)26-20-11-12-20)15-21(16)17-7-9-19(10-8-17)22(27)18-5-3-2-4-6-18/h2-10,13-14,20H,11-12,15,25H2,1H3,(H,26,28). The maximum absolute atomic E-state index is 12.6. The van der Waals surface area contributed by atoms with Gasteiger partial charge < -0.3 is 11.1 Å². The normalized spacial score (nSPS) is 21.5. The van der Waals surface area contributed by atoms with Gasteiger partial charge in [-0.2, -0.15) is 0 Å². The molecule has 1 unspecified atom stereocenters. The Labute approximate surface area is 165 Å². The van der Waals surface area contributed by atoms with E-state index in [-0.39, 0.29) is 17.7 Å². The van der Waals surface area contributed by atoms with E-state index < -0.39 is 5.54 Å². The lowest BCUT2D eigenvalue weighted by Gasteiger charge is -2.30. The Kier molecular flexibility index (Phi) is 4.73. The second-order valence-corrected chi connectivity index (χ2v) is 7.73. The molecule has 2 aliphatic carbocycles. The van der Waals surface area contributed by atoms with Crippen molar-refractivity contribution in [1.82, 2.24) is 5.32 Å². The Hall–Kier alpha value is -2.98. The molecule has 3 N–H and O–H groups in total. The zero-order valence-electron chi connectivity index (χ0n) is 15.9. The molecule has 4 heteroatoms. The van der Waals surface area contributed by atoms with E-state index in [1.807, 2.05) is 67.6 Å². The average molecular weight is 372 g/mol. The van der Waals surface area contributed by atoms with Gasteiger partial charge in [0.05, 0.1) is 0 Å². The van der Waals surface area contributed by atoms with Crippen LogP contribution in [0.5, 0.6) is 0 Å². The zero-order chi connectivity index (χ0) is 19.7. The number of ketones is 1. The molecule has 1 atom stereocenters. The SMILES string of the molecule is CC1=C(c2ccc(C(=O)c3ccccc3)cc2)CC(N)(C(=O)NC2CC2)C=C1. The van der Waals surface area contributed by atoms with E-state index >= 15 is 0 Å². The van der Waals surface area contributed by atoms with Gasteiger partial charge in [0.25, 0.3) is 0 Å². The summed E-state index contributed by atoms with van der Waals surface area (Å²) in [5.74, 6) is -0.120. The van der Waals surface area contributed by atoms with Crippen molar-refractivity contribution in [3.05, 3.63) is 89.0 Å². The summed E-state index contributed by atoms with van der Waals surface area (Å²) >= 11 is 0. The van der Waals surface area contributed by atoms with Crippen molar-refractivity contribution in [3.63, 3.8) is 0 Å². The highest BCUT2D eigenvalue weighted by Gasteiger charge is 2.37. The molecule has 0 radical (unpaired) electrons. The van der Waals surface area contributed by atoms with Crippen molar-refractivity contribution in [2.24, 2.45) is 5.73 Å². The van der Waals surface area contributed by atoms with Crippen LogP contribution in [-0.2, 0) is 4.79 Å². The van der Waals surface area contributed by atoms with Crippen LogP contribution in [0.3, 0.4) is 0 Å². The predicted molar refractivity (Wildman–Crippen MR) is 111 cm³/mol. The van der Waals surface area contributed by atoms with Gasteiger partial charge in [-0.25, -0.2) is 0 Å². The number of nitrogens with one attached hydrogen (secondary N) is 1. The summed E-state index contributed by atoms with van der Waals surface area (Å²) in [5.41, 5.74) is 9.83. The monoisotopic (exact) mass is 372 g/mol. The second-order valence-electron chi connectivity index (χ2n) is 7.73. The molecule has 4 rings (SSSR count). The second kappa shape index (κ2) is 7.21. The summed E-state index contributed by atoms with van der Waals surface area (Å²) in [6.07, 6.45) is 6.24. The number of hydrogen-bond acceptors (Lipinski definition) is 3. The zero-order valence-corrected chi connectivity index (χ0v) is 15.9. The molecular weight excluding hydrogens is 348 g/mol. The Morgan fingerprint density at radius 1 is 1.00 bits per heavy atom. The van der Waals surface area contributed by atoms with E-state index in [9.17, 15) is 9.59 Å². The lowest BCUT2D eigenvalue weighted by Crippen LogP contribution is -2.54. The topological polar surface area (TPSA) is 72.2 Å². The number of nitrogens with two attached hydrogens (primary N) is 1. The molecule has 0 aliphatic heterocycles. The number of hydrogen-bond donors (Lipinski definition) is 2. The van der Waals surface area contributed by atoms with E-state index in [0.29, 0.717) is 17.5 Å². The number of benzene rings is 2. The largest absolute Gasteiger partial charge is 0.351 e. The van der Waals surface area contributed by atoms with Crippen LogP contribution in [-0.4, -0.2) is 23.3 Å². The lowest BCUT2D eigenvalue weighted by atomic mass is 9.80. The molecule has 0 bridgehead atoms. The molecular formula is C24H24N2O2. The third kappa shape index (κ3) is 3.69. The minimum atomic E-state index is -1.03. The first-order valence-electron chi connectivity index (χ1n) is 9.65. The first kappa shape index (κ1) is 18.4. The van der Waals surface area contributed by atoms with Gasteiger partial charge in [0.2, 0.25) is 5.91 Å². The summed E-state index contributed by atoms with van der Waals surface area (Å²) in [6, 6.07) is 17.1. The van der Waals surface area contributed by atoms with Crippen molar-refractivity contribution in [1.29, 1.82) is 0 Å². The third-order valence-corrected chi connectivity index (χ3v) is 5.44. The fourth-order valence-corrected chi connectivity index (χ4v) is 3.48. The summed E-state index contributed by atoms with van der Waals surface area (Å²) in [4.78, 5) is 25.2. The summed E-state index contributed by atoms with van der Waals surface area (Å²) < 4.78 is 0. The molecule has 142 valence electrons. The molecule has 0 aromatic heterocycles. The lowest BCUT2D eigenvalue weighted by molar-refractivity contribution is -0.124. The fraction of sp³-hybridized carbons (Fsp3) is 0.250. The maximum Gasteiger partial charge on any atom is 0.244 e. The molecule has 2 aromatic carbocycles. The highest BCUT2D eigenvalue weighted by molar-refractivity contribution is 6.09. The minimum absolute atomic E-state index is 0.00151. The van der Waals surface area contributed by atoms with Gasteiger partial charge in [-0.1, -0.05) is 66.7 Å². The fourth-order valence-electron chi connectivity index (χ4n) is 3.48. The first-order chi connectivity index (χ1) is 13.5. The smallest absolute Gasteiger partial charge is 0.244 e. The summed E-state index contributed by atoms with van der Waals surface area (Å²) in [7, 11) is 0. The van der Waals surface area contributed by atoms with Gasteiger partial charge >= 0.3 is 0 Å². The van der Waals surface area contributed by atoms with Gasteiger partial charge in [0.1, 0.15) is 5.54 Å². The quantitative estimate of drug-likeness (QED) is 0.787. The Bertz CT molecular complexity index is 969. The van der Waals surface area contributed by atoms with Crippen LogP contribution >= 0.6 is 0 Å². The van der Waals surface area contributed by atoms with Crippen molar-refractivity contribution in [3.8, 4) is 0 Å². The molecule has 1 saturated carbocycles. The van der Waals surface area contributed by atoms with E-state index in [0.717, 1.165) is 29.6 Å². The molecule has 28 heavy (non-hydrogen) atoms. The minimum Gasteiger partial charge on any atom is -0.351 e. The van der Waals surface area contributed by atoms with Crippen LogP contribution in [0, 0.1) is 0 Å². The number of allylic oxidation sites excluding steroid dienone is 2. The van der Waals surface area contributed by atoms with Crippen molar-refractivity contribution in [2.75, 3.05) is 0 Å². The molecule has 1 fully saturated rings. The third-order valence-electron chi connectivity index (χ3n) is 5.44. The first-order valence-corrected chi connectivity index (χ1v) is 9.65. The van der Waals surface area contributed by atoms with Crippen molar-refractivity contribution < 1.29 is 9.59 Å². The summed E-state index contributed by atoms with van der Waals surface area (Å²) in [5, 5.41) is 3.01. The van der Waals surface area contributed by atoms with Gasteiger partial charge in [-0.15, -0.1) is 0 Å². The van der Waals surface area contributed by atoms with Crippen LogP contribution in [0.2, 0.25) is 0 Å². The number of carbonyl (C=O) groups excluding carboxylic acids is 2. The highest BCUT2D eigenvalue weighted by atomic mass is 16.2. The van der Waals surface area contributed by atoms with E-state index in [1.54, 1.807) is 6.08 Å². The molecule has 2 aliphatic rings. The van der Waals surface area contributed by atoms with Crippen LogP contribution in [0.1, 0.15) is 47.7 Å². The van der Waals surface area contributed by atoms with Crippen LogP contribution in [0.25, 0.3) is 5.57 Å². The molecule has 0 heterocycles. The maximum atomic E-state index is 12.6. The van der Waals surface area contributed by atoms with E-state index in [2.05, 4.69) is 5.32 Å². The van der Waals surface area contributed by atoms with Gasteiger partial charge in [0.15, 0.2) is 5.78 Å². The molecule has 1 amide bonds. The number of rotatable bonds is 5. The van der Waals surface area contributed by atoms with Crippen LogP contribution < -0.4 is 11.1 Å². The Balaban J connectivity index is 1.55. The molecule has 0 spiro atoms. The Morgan fingerprint density at radius 2 is 1.64 bits per heavy atom. The van der Waals surface area contributed by atoms with Gasteiger partial charge in [-0.05, 0) is 36.5 Å². The summed E-state index contributed by atoms with van der Waals surface area (Å²) in [6.45, 7) is 2.02. The number of carbonyl (C=O) groups is 2. The van der Waals surface area contributed by atoms with Gasteiger partial charge in [-0.3, -0.25) is 9.59 Å². The highest BCUT2D eigenvalue weighted by Crippen LogP contribution is 2.34. The van der Waals surface area contributed by atoms with E-state index in [4.69, 9.17) is 5.73 Å². The van der Waals surface area contributed by atoms with Gasteiger partial charge in [0, 0.05) is 23.6 Å². The van der Waals surface area contributed by atoms with E-state index in [1.165, 1.54) is 0 Å².